The molecule has 1 amide bonds. The number of nitrogens with zero attached hydrogens (tertiary/aromatic N) is 1. The average Bonchev–Trinajstić information content (AvgIpc) is 2.76. The number of rotatable bonds is 6. The molecule has 4 rings (SSSR count). The molecule has 176 valence electrons. The number of ketones is 1. The van der Waals surface area contributed by atoms with E-state index in [-0.39, 0.29) is 24.5 Å². The number of alkyl halides is 3. The van der Waals surface area contributed by atoms with E-state index in [1.54, 1.807) is 12.1 Å². The average molecular weight is 460 g/mol. The minimum absolute atomic E-state index is 0.0309. The number of halogens is 3. The van der Waals surface area contributed by atoms with Gasteiger partial charge in [0.2, 0.25) is 5.91 Å². The second kappa shape index (κ2) is 9.20. The van der Waals surface area contributed by atoms with Gasteiger partial charge >= 0.3 is 6.18 Å². The van der Waals surface area contributed by atoms with E-state index in [9.17, 15) is 22.8 Å². The number of carbonyl (C=O) groups excluding carboxylic acids is 2. The van der Waals surface area contributed by atoms with Crippen LogP contribution in [0, 0.1) is 11.3 Å². The molecule has 0 bridgehead atoms. The predicted octanol–water partition coefficient (Wildman–Crippen LogP) is 5.91. The van der Waals surface area contributed by atoms with Crippen LogP contribution < -0.4 is 4.74 Å². The van der Waals surface area contributed by atoms with Gasteiger partial charge in [0.15, 0.2) is 5.78 Å². The summed E-state index contributed by atoms with van der Waals surface area (Å²) in [4.78, 5) is 25.4. The summed E-state index contributed by atoms with van der Waals surface area (Å²) in [7, 11) is 0. The quantitative estimate of drug-likeness (QED) is 0.505. The molecule has 1 saturated carbocycles. The molecule has 0 N–H and O–H groups in total. The van der Waals surface area contributed by atoms with E-state index >= 15 is 0 Å². The Hall–Kier alpha value is -2.83. The van der Waals surface area contributed by atoms with E-state index in [0.29, 0.717) is 44.5 Å². The molecular formula is C26H28F3NO3. The molecule has 1 saturated heterocycles. The maximum Gasteiger partial charge on any atom is 0.403 e. The number of ether oxygens (including phenoxy) is 1. The van der Waals surface area contributed by atoms with Crippen LogP contribution in [0.15, 0.2) is 48.5 Å². The third-order valence-electron chi connectivity index (χ3n) is 7.03. The first-order valence-electron chi connectivity index (χ1n) is 11.4. The second-order valence-electron chi connectivity index (χ2n) is 9.14. The van der Waals surface area contributed by atoms with Gasteiger partial charge in [-0.15, -0.1) is 0 Å². The molecule has 2 aromatic rings. The topological polar surface area (TPSA) is 46.6 Å². The van der Waals surface area contributed by atoms with Crippen LogP contribution in [0.1, 0.15) is 49.4 Å². The third-order valence-corrected chi connectivity index (χ3v) is 7.03. The highest BCUT2D eigenvalue weighted by Crippen LogP contribution is 2.54. The number of Topliss-reactive ketones (excluding diaryl/α,β-unsaturated/α-hetero) is 1. The van der Waals surface area contributed by atoms with E-state index in [4.69, 9.17) is 4.74 Å². The Morgan fingerprint density at radius 3 is 1.97 bits per heavy atom. The minimum atomic E-state index is -4.47. The van der Waals surface area contributed by atoms with Crippen LogP contribution in [-0.2, 0) is 4.79 Å². The summed E-state index contributed by atoms with van der Waals surface area (Å²) < 4.78 is 46.3. The van der Waals surface area contributed by atoms with Crippen molar-refractivity contribution in [2.45, 2.75) is 45.2 Å². The molecule has 2 aromatic carbocycles. The first kappa shape index (κ1) is 23.3. The molecule has 0 aromatic heterocycles. The Bertz CT molecular complexity index is 987. The maximum absolute atomic E-state index is 13.5. The fourth-order valence-electron chi connectivity index (χ4n) is 4.61. The van der Waals surface area contributed by atoms with Crippen molar-refractivity contribution >= 4 is 11.7 Å². The molecule has 2 fully saturated rings. The normalized spacial score (nSPS) is 18.5. The second-order valence-corrected chi connectivity index (χ2v) is 9.14. The summed E-state index contributed by atoms with van der Waals surface area (Å²) in [5.74, 6) is 0.218. The Kier molecular flexibility index (Phi) is 6.50. The molecule has 0 atom stereocenters. The largest absolute Gasteiger partial charge is 0.493 e. The van der Waals surface area contributed by atoms with Gasteiger partial charge in [-0.1, -0.05) is 42.8 Å². The van der Waals surface area contributed by atoms with Gasteiger partial charge in [-0.05, 0) is 61.8 Å². The Balaban J connectivity index is 1.27. The van der Waals surface area contributed by atoms with Gasteiger partial charge in [0, 0.05) is 18.7 Å². The zero-order chi connectivity index (χ0) is 23.6. The number of carbonyl (C=O) groups is 2. The Morgan fingerprint density at radius 2 is 1.52 bits per heavy atom. The maximum atomic E-state index is 13.5. The monoisotopic (exact) mass is 459 g/mol. The van der Waals surface area contributed by atoms with Crippen molar-refractivity contribution in [3.8, 4) is 16.9 Å². The third kappa shape index (κ3) is 4.77. The van der Waals surface area contributed by atoms with Crippen molar-refractivity contribution < 1.29 is 27.5 Å². The van der Waals surface area contributed by atoms with E-state index in [1.165, 1.54) is 11.8 Å². The lowest BCUT2D eigenvalue weighted by atomic mass is 9.67. The highest BCUT2D eigenvalue weighted by Gasteiger charge is 2.64. The number of hydrogen-bond acceptors (Lipinski definition) is 3. The van der Waals surface area contributed by atoms with Crippen molar-refractivity contribution in [1.29, 1.82) is 0 Å². The van der Waals surface area contributed by atoms with Gasteiger partial charge in [0.05, 0.1) is 6.61 Å². The molecule has 0 unspecified atom stereocenters. The molecule has 7 heteroatoms. The summed E-state index contributed by atoms with van der Waals surface area (Å²) in [6.45, 7) is 2.70. The lowest BCUT2D eigenvalue weighted by molar-refractivity contribution is -0.249. The van der Waals surface area contributed by atoms with Crippen molar-refractivity contribution in [1.82, 2.24) is 4.90 Å². The van der Waals surface area contributed by atoms with Gasteiger partial charge in [0.25, 0.3) is 0 Å². The molecule has 4 nitrogen and oxygen atoms in total. The molecule has 0 radical (unpaired) electrons. The van der Waals surface area contributed by atoms with Crippen LogP contribution in [0.5, 0.6) is 5.75 Å². The molecule has 1 aliphatic heterocycles. The van der Waals surface area contributed by atoms with Crippen LogP contribution in [0.2, 0.25) is 0 Å². The lowest BCUT2D eigenvalue weighted by Gasteiger charge is -2.45. The van der Waals surface area contributed by atoms with Crippen LogP contribution in [0.25, 0.3) is 11.1 Å². The van der Waals surface area contributed by atoms with Crippen LogP contribution >= 0.6 is 0 Å². The smallest absolute Gasteiger partial charge is 0.403 e. The fourth-order valence-corrected chi connectivity index (χ4v) is 4.61. The molecule has 2 aliphatic rings. The standard InChI is InChI=1S/C26H28F3NO3/c1-18(31)20-3-5-21(6-4-20)22-7-9-23(10-8-22)33-17-19-11-15-30(16-12-19)24(32)25(13-2-14-25)26(27,28)29/h3-10,19H,2,11-17H2,1H3. The van der Waals surface area contributed by atoms with Crippen molar-refractivity contribution in [3.63, 3.8) is 0 Å². The number of amides is 1. The van der Waals surface area contributed by atoms with Crippen LogP contribution in [-0.4, -0.2) is 42.5 Å². The lowest BCUT2D eigenvalue weighted by Crippen LogP contribution is -2.57. The van der Waals surface area contributed by atoms with E-state index in [1.807, 2.05) is 36.4 Å². The summed E-state index contributed by atoms with van der Waals surface area (Å²) in [5, 5.41) is 0. The van der Waals surface area contributed by atoms with Crippen molar-refractivity contribution in [3.05, 3.63) is 54.1 Å². The fraction of sp³-hybridized carbons (Fsp3) is 0.462. The van der Waals surface area contributed by atoms with Gasteiger partial charge in [-0.25, -0.2) is 0 Å². The van der Waals surface area contributed by atoms with Crippen LogP contribution in [0.4, 0.5) is 13.2 Å². The molecule has 1 heterocycles. The van der Waals surface area contributed by atoms with E-state index in [0.717, 1.165) is 16.9 Å². The van der Waals surface area contributed by atoms with Crippen molar-refractivity contribution in [2.24, 2.45) is 11.3 Å². The minimum Gasteiger partial charge on any atom is -0.493 e. The number of hydrogen-bond donors (Lipinski definition) is 0. The molecule has 1 aliphatic carbocycles. The zero-order valence-electron chi connectivity index (χ0n) is 18.7. The summed E-state index contributed by atoms with van der Waals surface area (Å²) in [5.41, 5.74) is 0.544. The van der Waals surface area contributed by atoms with Crippen LogP contribution in [0.3, 0.4) is 0 Å². The Morgan fingerprint density at radius 1 is 0.970 bits per heavy atom. The van der Waals surface area contributed by atoms with Crippen molar-refractivity contribution in [2.75, 3.05) is 19.7 Å². The molecule has 33 heavy (non-hydrogen) atoms. The van der Waals surface area contributed by atoms with E-state index in [2.05, 4.69) is 0 Å². The molecule has 0 spiro atoms. The summed E-state index contributed by atoms with van der Waals surface area (Å²) in [6.07, 6.45) is -2.91. The number of piperidine rings is 1. The van der Waals surface area contributed by atoms with Gasteiger partial charge < -0.3 is 9.64 Å². The number of benzene rings is 2. The van der Waals surface area contributed by atoms with Gasteiger partial charge in [-0.2, -0.15) is 13.2 Å². The highest BCUT2D eigenvalue weighted by molar-refractivity contribution is 5.94. The Labute approximate surface area is 191 Å². The summed E-state index contributed by atoms with van der Waals surface area (Å²) >= 11 is 0. The first-order chi connectivity index (χ1) is 15.7. The van der Waals surface area contributed by atoms with Gasteiger partial charge in [0.1, 0.15) is 11.2 Å². The van der Waals surface area contributed by atoms with Gasteiger partial charge in [-0.3, -0.25) is 9.59 Å². The number of likely N-dealkylation sites (tertiary alicyclic amines) is 1. The highest BCUT2D eigenvalue weighted by atomic mass is 19.4. The van der Waals surface area contributed by atoms with E-state index < -0.39 is 17.5 Å². The summed E-state index contributed by atoms with van der Waals surface area (Å²) in [6, 6.07) is 15.1. The first-order valence-corrected chi connectivity index (χ1v) is 11.4. The molecular weight excluding hydrogens is 431 g/mol. The predicted molar refractivity (Wildman–Crippen MR) is 119 cm³/mol. The SMILES string of the molecule is CC(=O)c1ccc(-c2ccc(OCC3CCN(C(=O)C4(C(F)(F)F)CCC4)CC3)cc2)cc1. The zero-order valence-corrected chi connectivity index (χ0v) is 18.7.